The molecule has 148 valence electrons. The molecule has 1 aliphatic heterocycles. The molecular formula is C22H28N4OS. The summed E-state index contributed by atoms with van der Waals surface area (Å²) in [6.07, 6.45) is 1.15. The molecule has 6 heteroatoms. The highest BCUT2D eigenvalue weighted by Gasteiger charge is 2.25. The first-order valence-corrected chi connectivity index (χ1v) is 10.9. The predicted octanol–water partition coefficient (Wildman–Crippen LogP) is 4.34. The summed E-state index contributed by atoms with van der Waals surface area (Å²) in [6, 6.07) is 10.8. The Balaban J connectivity index is 1.33. The fourth-order valence-electron chi connectivity index (χ4n) is 3.65. The van der Waals surface area contributed by atoms with Crippen LogP contribution in [0.5, 0.6) is 0 Å². The molecule has 4 rings (SSSR count). The molecule has 1 aliphatic rings. The number of rotatable bonds is 6. The van der Waals surface area contributed by atoms with Gasteiger partial charge in [-0.05, 0) is 61.9 Å². The van der Waals surface area contributed by atoms with Gasteiger partial charge in [-0.1, -0.05) is 12.1 Å². The van der Waals surface area contributed by atoms with Gasteiger partial charge in [-0.2, -0.15) is 0 Å². The van der Waals surface area contributed by atoms with Crippen molar-refractivity contribution in [1.29, 1.82) is 0 Å². The summed E-state index contributed by atoms with van der Waals surface area (Å²) in [6.45, 7) is 11.8. The van der Waals surface area contributed by atoms with Crippen molar-refractivity contribution >= 4 is 11.3 Å². The van der Waals surface area contributed by atoms with Crippen LogP contribution in [0.25, 0.3) is 11.5 Å². The number of piperazine rings is 1. The minimum Gasteiger partial charge on any atom is -0.419 e. The Morgan fingerprint density at radius 3 is 2.61 bits per heavy atom. The van der Waals surface area contributed by atoms with Gasteiger partial charge in [0, 0.05) is 43.2 Å². The maximum Gasteiger partial charge on any atom is 0.247 e. The first-order chi connectivity index (χ1) is 13.6. The van der Waals surface area contributed by atoms with Crippen LogP contribution in [0.1, 0.15) is 34.9 Å². The molecule has 0 N–H and O–H groups in total. The second-order valence-corrected chi connectivity index (χ2v) is 8.66. The van der Waals surface area contributed by atoms with E-state index in [9.17, 15) is 0 Å². The molecular weight excluding hydrogens is 368 g/mol. The van der Waals surface area contributed by atoms with Crippen LogP contribution in [-0.4, -0.2) is 52.7 Å². The fourth-order valence-corrected chi connectivity index (χ4v) is 4.35. The van der Waals surface area contributed by atoms with Crippen molar-refractivity contribution in [3.8, 4) is 11.5 Å². The molecule has 1 saturated heterocycles. The fraction of sp³-hybridized carbons (Fsp3) is 0.455. The SMILES string of the molecule is Cc1ccc(-c2nnc([C@H](C)N3CCN(CCc4cccs4)CC3)o2)cc1C. The second-order valence-electron chi connectivity index (χ2n) is 7.63. The molecule has 2 aromatic heterocycles. The van der Waals surface area contributed by atoms with Crippen LogP contribution in [0.3, 0.4) is 0 Å². The van der Waals surface area contributed by atoms with E-state index < -0.39 is 0 Å². The lowest BCUT2D eigenvalue weighted by atomic mass is 10.1. The summed E-state index contributed by atoms with van der Waals surface area (Å²) < 4.78 is 6.03. The van der Waals surface area contributed by atoms with Gasteiger partial charge < -0.3 is 9.32 Å². The number of nitrogens with zero attached hydrogens (tertiary/aromatic N) is 4. The summed E-state index contributed by atoms with van der Waals surface area (Å²) in [5, 5.41) is 10.8. The van der Waals surface area contributed by atoms with Gasteiger partial charge >= 0.3 is 0 Å². The van der Waals surface area contributed by atoms with E-state index in [0.717, 1.165) is 44.7 Å². The van der Waals surface area contributed by atoms with Gasteiger partial charge in [-0.15, -0.1) is 21.5 Å². The Labute approximate surface area is 171 Å². The lowest BCUT2D eigenvalue weighted by Gasteiger charge is -2.36. The highest BCUT2D eigenvalue weighted by Crippen LogP contribution is 2.26. The molecule has 28 heavy (non-hydrogen) atoms. The van der Waals surface area contributed by atoms with Crippen LogP contribution in [-0.2, 0) is 6.42 Å². The van der Waals surface area contributed by atoms with Crippen molar-refractivity contribution in [3.05, 3.63) is 57.6 Å². The van der Waals surface area contributed by atoms with Crippen molar-refractivity contribution in [2.75, 3.05) is 32.7 Å². The molecule has 0 saturated carbocycles. The Morgan fingerprint density at radius 2 is 1.89 bits per heavy atom. The van der Waals surface area contributed by atoms with Crippen LogP contribution in [0, 0.1) is 13.8 Å². The zero-order valence-electron chi connectivity index (χ0n) is 16.9. The van der Waals surface area contributed by atoms with Gasteiger partial charge in [0.15, 0.2) is 0 Å². The Hall–Kier alpha value is -2.02. The lowest BCUT2D eigenvalue weighted by Crippen LogP contribution is -2.47. The molecule has 0 bridgehead atoms. The molecule has 1 atom stereocenters. The Morgan fingerprint density at radius 1 is 1.07 bits per heavy atom. The minimum absolute atomic E-state index is 0.146. The van der Waals surface area contributed by atoms with Gasteiger partial charge in [-0.3, -0.25) is 4.90 Å². The van der Waals surface area contributed by atoms with E-state index in [4.69, 9.17) is 4.42 Å². The van der Waals surface area contributed by atoms with Gasteiger partial charge in [0.1, 0.15) is 0 Å². The van der Waals surface area contributed by atoms with E-state index >= 15 is 0 Å². The van der Waals surface area contributed by atoms with Gasteiger partial charge in [-0.25, -0.2) is 0 Å². The zero-order chi connectivity index (χ0) is 19.5. The predicted molar refractivity (Wildman–Crippen MR) is 114 cm³/mol. The molecule has 0 unspecified atom stereocenters. The second kappa shape index (κ2) is 8.55. The standard InChI is InChI=1S/C22H28N4OS/c1-16-6-7-19(15-17(16)2)22-24-23-21(27-22)18(3)26-12-10-25(11-13-26)9-8-20-5-4-14-28-20/h4-7,14-15,18H,8-13H2,1-3H3/t18-/m0/s1. The smallest absolute Gasteiger partial charge is 0.247 e. The summed E-state index contributed by atoms with van der Waals surface area (Å²) in [7, 11) is 0. The lowest BCUT2D eigenvalue weighted by molar-refractivity contribution is 0.0924. The van der Waals surface area contributed by atoms with Crippen molar-refractivity contribution in [2.24, 2.45) is 0 Å². The van der Waals surface area contributed by atoms with Gasteiger partial charge in [0.05, 0.1) is 6.04 Å². The molecule has 0 spiro atoms. The molecule has 5 nitrogen and oxygen atoms in total. The first-order valence-electron chi connectivity index (χ1n) is 10.00. The minimum atomic E-state index is 0.146. The molecule has 0 aliphatic carbocycles. The number of benzene rings is 1. The highest BCUT2D eigenvalue weighted by molar-refractivity contribution is 7.09. The number of aromatic nitrogens is 2. The van der Waals surface area contributed by atoms with E-state index in [-0.39, 0.29) is 6.04 Å². The summed E-state index contributed by atoms with van der Waals surface area (Å²) in [5.74, 6) is 1.32. The van der Waals surface area contributed by atoms with E-state index in [0.29, 0.717) is 11.8 Å². The van der Waals surface area contributed by atoms with Gasteiger partial charge in [0.25, 0.3) is 0 Å². The molecule has 1 fully saturated rings. The van der Waals surface area contributed by atoms with Gasteiger partial charge in [0.2, 0.25) is 11.8 Å². The van der Waals surface area contributed by atoms with E-state index in [1.54, 1.807) is 0 Å². The number of hydrogen-bond donors (Lipinski definition) is 0. The van der Waals surface area contributed by atoms with Crippen molar-refractivity contribution in [1.82, 2.24) is 20.0 Å². The van der Waals surface area contributed by atoms with E-state index in [1.165, 1.54) is 16.0 Å². The number of aryl methyl sites for hydroxylation is 2. The average Bonchev–Trinajstić information content (AvgIpc) is 3.40. The molecule has 3 aromatic rings. The summed E-state index contributed by atoms with van der Waals surface area (Å²) in [5.41, 5.74) is 3.50. The molecule has 0 radical (unpaired) electrons. The maximum atomic E-state index is 6.03. The van der Waals surface area contributed by atoms with Crippen LogP contribution >= 0.6 is 11.3 Å². The average molecular weight is 397 g/mol. The maximum absolute atomic E-state index is 6.03. The summed E-state index contributed by atoms with van der Waals surface area (Å²) >= 11 is 1.85. The Kier molecular flexibility index (Phi) is 5.90. The van der Waals surface area contributed by atoms with Crippen LogP contribution in [0.15, 0.2) is 40.1 Å². The van der Waals surface area contributed by atoms with E-state index in [2.05, 4.69) is 76.5 Å². The van der Waals surface area contributed by atoms with Crippen LogP contribution < -0.4 is 0 Å². The highest BCUT2D eigenvalue weighted by atomic mass is 32.1. The largest absolute Gasteiger partial charge is 0.419 e. The van der Waals surface area contributed by atoms with Crippen LogP contribution in [0.2, 0.25) is 0 Å². The topological polar surface area (TPSA) is 45.4 Å². The van der Waals surface area contributed by atoms with E-state index in [1.807, 2.05) is 11.3 Å². The molecule has 1 aromatic carbocycles. The normalized spacial score (nSPS) is 17.1. The van der Waals surface area contributed by atoms with Crippen molar-refractivity contribution < 1.29 is 4.42 Å². The third-order valence-electron chi connectivity index (χ3n) is 5.76. The number of thiophene rings is 1. The van der Waals surface area contributed by atoms with Crippen molar-refractivity contribution in [3.63, 3.8) is 0 Å². The monoisotopic (exact) mass is 396 g/mol. The third-order valence-corrected chi connectivity index (χ3v) is 6.70. The summed E-state index contributed by atoms with van der Waals surface area (Å²) in [4.78, 5) is 6.47. The molecule has 3 heterocycles. The van der Waals surface area contributed by atoms with Crippen LogP contribution in [0.4, 0.5) is 0 Å². The zero-order valence-corrected chi connectivity index (χ0v) is 17.7. The molecule has 0 amide bonds. The third kappa shape index (κ3) is 4.35. The first kappa shape index (κ1) is 19.3. The number of hydrogen-bond acceptors (Lipinski definition) is 6. The van der Waals surface area contributed by atoms with Crippen molar-refractivity contribution in [2.45, 2.75) is 33.2 Å². The Bertz CT molecular complexity index is 897. The quantitative estimate of drug-likeness (QED) is 0.620.